The summed E-state index contributed by atoms with van der Waals surface area (Å²) in [5, 5.41) is 8.51. The first-order valence-corrected chi connectivity index (χ1v) is 9.08. The lowest BCUT2D eigenvalue weighted by Gasteiger charge is -2.27. The Labute approximate surface area is 146 Å². The van der Waals surface area contributed by atoms with Gasteiger partial charge in [-0.05, 0) is 38.2 Å². The van der Waals surface area contributed by atoms with Crippen LogP contribution in [0.25, 0.3) is 10.9 Å². The average Bonchev–Trinajstić information content (AvgIpc) is 3.32. The fraction of sp³-hybridized carbons (Fsp3) is 0.526. The Hall–Kier alpha value is -2.37. The number of ether oxygens (including phenoxy) is 1. The minimum Gasteiger partial charge on any atom is -0.458 e. The number of aromatic nitrogens is 2. The van der Waals surface area contributed by atoms with Crippen molar-refractivity contribution in [3.63, 3.8) is 0 Å². The largest absolute Gasteiger partial charge is 0.458 e. The molecule has 1 atom stereocenters. The molecule has 1 saturated heterocycles. The molecule has 1 aliphatic carbocycles. The van der Waals surface area contributed by atoms with Crippen molar-refractivity contribution in [3.8, 4) is 0 Å². The third-order valence-electron chi connectivity index (χ3n) is 5.49. The average molecular weight is 341 g/mol. The summed E-state index contributed by atoms with van der Waals surface area (Å²) in [4.78, 5) is 24.3. The fourth-order valence-electron chi connectivity index (χ4n) is 4.22. The van der Waals surface area contributed by atoms with E-state index < -0.39 is 5.60 Å². The van der Waals surface area contributed by atoms with Crippen molar-refractivity contribution in [2.24, 2.45) is 5.92 Å². The van der Waals surface area contributed by atoms with Crippen LogP contribution in [0.5, 0.6) is 0 Å². The SMILES string of the molecule is O=C1CC(C(=O)NCCCn2ncc3ccccc32)C2(CCCC2)O1. The standard InChI is InChI=1S/C19H23N3O3/c23-17-12-15(19(25-17)8-3-4-9-19)18(24)20-10-5-11-22-16-7-2-1-6-14(16)13-21-22/h1-2,6-7,13,15H,3-5,8-12H2,(H,20,24). The maximum atomic E-state index is 12.6. The van der Waals surface area contributed by atoms with Gasteiger partial charge in [-0.15, -0.1) is 0 Å². The van der Waals surface area contributed by atoms with Gasteiger partial charge >= 0.3 is 5.97 Å². The number of fused-ring (bicyclic) bond motifs is 1. The van der Waals surface area contributed by atoms with Crippen LogP contribution < -0.4 is 5.32 Å². The lowest BCUT2D eigenvalue weighted by Crippen LogP contribution is -2.43. The molecule has 0 bridgehead atoms. The summed E-state index contributed by atoms with van der Waals surface area (Å²) < 4.78 is 7.50. The van der Waals surface area contributed by atoms with Crippen LogP contribution in [0.3, 0.4) is 0 Å². The van der Waals surface area contributed by atoms with Gasteiger partial charge in [0.05, 0.1) is 24.1 Å². The molecule has 0 radical (unpaired) electrons. The molecule has 4 rings (SSSR count). The summed E-state index contributed by atoms with van der Waals surface area (Å²) in [6, 6.07) is 8.09. The predicted octanol–water partition coefficient (Wildman–Crippen LogP) is 2.42. The van der Waals surface area contributed by atoms with Crippen LogP contribution in [0.2, 0.25) is 0 Å². The molecule has 2 aliphatic rings. The van der Waals surface area contributed by atoms with Crippen molar-refractivity contribution >= 4 is 22.8 Å². The summed E-state index contributed by atoms with van der Waals surface area (Å²) >= 11 is 0. The maximum Gasteiger partial charge on any atom is 0.307 e. The topological polar surface area (TPSA) is 73.2 Å². The monoisotopic (exact) mass is 341 g/mol. The third kappa shape index (κ3) is 3.01. The molecule has 6 heteroatoms. The van der Waals surface area contributed by atoms with E-state index in [0.717, 1.165) is 49.6 Å². The Morgan fingerprint density at radius 3 is 2.96 bits per heavy atom. The second-order valence-corrected chi connectivity index (χ2v) is 7.07. The van der Waals surface area contributed by atoms with E-state index in [1.165, 1.54) is 0 Å². The molecule has 1 amide bonds. The smallest absolute Gasteiger partial charge is 0.307 e. The fourth-order valence-corrected chi connectivity index (χ4v) is 4.22. The van der Waals surface area contributed by atoms with Crippen LogP contribution in [0, 0.1) is 5.92 Å². The van der Waals surface area contributed by atoms with Crippen LogP contribution in [0.4, 0.5) is 0 Å². The number of amides is 1. The summed E-state index contributed by atoms with van der Waals surface area (Å²) in [6.45, 7) is 1.33. The van der Waals surface area contributed by atoms with E-state index in [4.69, 9.17) is 4.74 Å². The zero-order chi connectivity index (χ0) is 17.3. The van der Waals surface area contributed by atoms with E-state index in [0.29, 0.717) is 6.54 Å². The van der Waals surface area contributed by atoms with Crippen LogP contribution >= 0.6 is 0 Å². The van der Waals surface area contributed by atoms with Crippen molar-refractivity contribution in [1.82, 2.24) is 15.1 Å². The van der Waals surface area contributed by atoms with E-state index >= 15 is 0 Å². The molecule has 1 aromatic carbocycles. The van der Waals surface area contributed by atoms with Crippen molar-refractivity contribution in [2.75, 3.05) is 6.54 Å². The first-order valence-electron chi connectivity index (χ1n) is 9.08. The van der Waals surface area contributed by atoms with Gasteiger partial charge in [0.15, 0.2) is 0 Å². The number of hydrogen-bond acceptors (Lipinski definition) is 4. The minimum atomic E-state index is -0.528. The first-order chi connectivity index (χ1) is 12.2. The molecule has 1 aliphatic heterocycles. The second kappa shape index (κ2) is 6.50. The minimum absolute atomic E-state index is 0.0435. The molecular formula is C19H23N3O3. The van der Waals surface area contributed by atoms with E-state index in [-0.39, 0.29) is 24.2 Å². The van der Waals surface area contributed by atoms with Gasteiger partial charge in [0.25, 0.3) is 0 Å². The van der Waals surface area contributed by atoms with Gasteiger partial charge in [-0.2, -0.15) is 5.10 Å². The number of carbonyl (C=O) groups is 2. The number of nitrogens with one attached hydrogen (secondary N) is 1. The molecule has 1 aromatic heterocycles. The number of hydrogen-bond donors (Lipinski definition) is 1. The Bertz CT molecular complexity index is 792. The molecule has 2 aromatic rings. The molecule has 6 nitrogen and oxygen atoms in total. The number of aryl methyl sites for hydroxylation is 1. The lowest BCUT2D eigenvalue weighted by atomic mass is 9.85. The number of rotatable bonds is 5. The number of benzene rings is 1. The van der Waals surface area contributed by atoms with Gasteiger partial charge < -0.3 is 10.1 Å². The quantitative estimate of drug-likeness (QED) is 0.669. The van der Waals surface area contributed by atoms with E-state index in [1.807, 2.05) is 35.1 Å². The number of esters is 1. The van der Waals surface area contributed by atoms with Gasteiger partial charge in [-0.1, -0.05) is 18.2 Å². The lowest BCUT2D eigenvalue weighted by molar-refractivity contribution is -0.149. The highest BCUT2D eigenvalue weighted by Gasteiger charge is 2.53. The van der Waals surface area contributed by atoms with Crippen molar-refractivity contribution in [3.05, 3.63) is 30.5 Å². The Kier molecular flexibility index (Phi) is 4.19. The van der Waals surface area contributed by atoms with Crippen molar-refractivity contribution in [1.29, 1.82) is 0 Å². The van der Waals surface area contributed by atoms with Gasteiger partial charge in [0.1, 0.15) is 5.60 Å². The summed E-state index contributed by atoms with van der Waals surface area (Å²) in [5.41, 5.74) is 0.577. The number of nitrogens with zero attached hydrogens (tertiary/aromatic N) is 2. The van der Waals surface area contributed by atoms with E-state index in [2.05, 4.69) is 10.4 Å². The van der Waals surface area contributed by atoms with Gasteiger partial charge in [0, 0.05) is 18.5 Å². The summed E-state index contributed by atoms with van der Waals surface area (Å²) in [7, 11) is 0. The summed E-state index contributed by atoms with van der Waals surface area (Å²) in [5.74, 6) is -0.601. The molecule has 1 unspecified atom stereocenters. The molecule has 1 spiro atoms. The molecule has 1 N–H and O–H groups in total. The molecule has 132 valence electrons. The molecule has 1 saturated carbocycles. The normalized spacial score (nSPS) is 21.8. The zero-order valence-corrected chi connectivity index (χ0v) is 14.2. The third-order valence-corrected chi connectivity index (χ3v) is 5.49. The molecule has 25 heavy (non-hydrogen) atoms. The van der Waals surface area contributed by atoms with Crippen LogP contribution in [0.1, 0.15) is 38.5 Å². The first kappa shape index (κ1) is 16.1. The molecular weight excluding hydrogens is 318 g/mol. The highest BCUT2D eigenvalue weighted by Crippen LogP contribution is 2.45. The molecule has 2 heterocycles. The Morgan fingerprint density at radius 1 is 1.32 bits per heavy atom. The van der Waals surface area contributed by atoms with E-state index in [1.54, 1.807) is 0 Å². The highest BCUT2D eigenvalue weighted by molar-refractivity contribution is 5.88. The number of carbonyl (C=O) groups excluding carboxylic acids is 2. The van der Waals surface area contributed by atoms with Gasteiger partial charge in [-0.3, -0.25) is 14.3 Å². The number of para-hydroxylation sites is 1. The Balaban J connectivity index is 1.31. The van der Waals surface area contributed by atoms with Crippen molar-refractivity contribution < 1.29 is 14.3 Å². The Morgan fingerprint density at radius 2 is 2.12 bits per heavy atom. The maximum absolute atomic E-state index is 12.6. The molecule has 2 fully saturated rings. The van der Waals surface area contributed by atoms with Gasteiger partial charge in [-0.25, -0.2) is 0 Å². The van der Waals surface area contributed by atoms with Crippen LogP contribution in [-0.2, 0) is 20.9 Å². The predicted molar refractivity (Wildman–Crippen MR) is 92.8 cm³/mol. The van der Waals surface area contributed by atoms with E-state index in [9.17, 15) is 9.59 Å². The van der Waals surface area contributed by atoms with Crippen molar-refractivity contribution in [2.45, 2.75) is 50.7 Å². The zero-order valence-electron chi connectivity index (χ0n) is 14.2. The van der Waals surface area contributed by atoms with Crippen LogP contribution in [0.15, 0.2) is 30.5 Å². The second-order valence-electron chi connectivity index (χ2n) is 7.07. The summed E-state index contributed by atoms with van der Waals surface area (Å²) in [6.07, 6.45) is 6.57. The van der Waals surface area contributed by atoms with Crippen LogP contribution in [-0.4, -0.2) is 33.8 Å². The van der Waals surface area contributed by atoms with Gasteiger partial charge in [0.2, 0.25) is 5.91 Å². The highest BCUT2D eigenvalue weighted by atomic mass is 16.6.